The van der Waals surface area contributed by atoms with Crippen molar-refractivity contribution in [2.24, 2.45) is 0 Å². The third-order valence-electron chi connectivity index (χ3n) is 2.69. The van der Waals surface area contributed by atoms with E-state index in [1.807, 2.05) is 31.2 Å². The molecule has 0 bridgehead atoms. The van der Waals surface area contributed by atoms with Gasteiger partial charge < -0.3 is 14.8 Å². The molecule has 1 atom stereocenters. The van der Waals surface area contributed by atoms with Crippen LogP contribution in [-0.4, -0.2) is 38.0 Å². The summed E-state index contributed by atoms with van der Waals surface area (Å²) in [6.07, 6.45) is 0.981. The Morgan fingerprint density at radius 3 is 2.75 bits per heavy atom. The molecule has 20 heavy (non-hydrogen) atoms. The molecule has 0 aliphatic carbocycles. The largest absolute Gasteiger partial charge is 0.496 e. The molecule has 0 heterocycles. The number of hydrogen-bond donors (Lipinski definition) is 1. The van der Waals surface area contributed by atoms with Crippen LogP contribution in [0.5, 0.6) is 5.75 Å². The smallest absolute Gasteiger partial charge is 0.323 e. The summed E-state index contributed by atoms with van der Waals surface area (Å²) in [7, 11) is 1.65. The molecule has 4 nitrogen and oxygen atoms in total. The standard InChI is InChI=1S/C15H23NO3S/c1-4-10-16-12(15(17)19-5-2)11-20-14-9-7-6-8-13(14)18-3/h6-9,12,16H,4-5,10-11H2,1-3H3. The molecule has 0 aliphatic rings. The number of ether oxygens (including phenoxy) is 2. The molecule has 0 amide bonds. The Morgan fingerprint density at radius 1 is 1.35 bits per heavy atom. The summed E-state index contributed by atoms with van der Waals surface area (Å²) in [4.78, 5) is 12.9. The first-order valence-corrected chi connectivity index (χ1v) is 7.87. The molecular weight excluding hydrogens is 274 g/mol. The summed E-state index contributed by atoms with van der Waals surface area (Å²) in [5.41, 5.74) is 0. The third-order valence-corrected chi connectivity index (χ3v) is 3.83. The van der Waals surface area contributed by atoms with Crippen LogP contribution in [0, 0.1) is 0 Å². The molecule has 0 aliphatic heterocycles. The average Bonchev–Trinajstić information content (AvgIpc) is 2.48. The number of esters is 1. The molecule has 0 aromatic heterocycles. The van der Waals surface area contributed by atoms with Crippen LogP contribution in [0.1, 0.15) is 20.3 Å². The van der Waals surface area contributed by atoms with Gasteiger partial charge in [-0.3, -0.25) is 4.79 Å². The van der Waals surface area contributed by atoms with Gasteiger partial charge in [0.15, 0.2) is 0 Å². The van der Waals surface area contributed by atoms with Gasteiger partial charge in [0.05, 0.1) is 13.7 Å². The summed E-state index contributed by atoms with van der Waals surface area (Å²) >= 11 is 1.60. The van der Waals surface area contributed by atoms with E-state index in [9.17, 15) is 4.79 Å². The van der Waals surface area contributed by atoms with Crippen molar-refractivity contribution in [3.05, 3.63) is 24.3 Å². The summed E-state index contributed by atoms with van der Waals surface area (Å²) in [6, 6.07) is 7.52. The van der Waals surface area contributed by atoms with E-state index in [-0.39, 0.29) is 12.0 Å². The minimum absolute atomic E-state index is 0.191. The lowest BCUT2D eigenvalue weighted by Gasteiger charge is -2.17. The Bertz CT molecular complexity index is 412. The molecule has 1 rings (SSSR count). The number of para-hydroxylation sites is 1. The Hall–Kier alpha value is -1.20. The summed E-state index contributed by atoms with van der Waals surface area (Å²) < 4.78 is 10.4. The van der Waals surface area contributed by atoms with Crippen molar-refractivity contribution in [1.29, 1.82) is 0 Å². The molecule has 0 saturated heterocycles. The normalized spacial score (nSPS) is 11.9. The quantitative estimate of drug-likeness (QED) is 0.561. The number of methoxy groups -OCH3 is 1. The predicted octanol–water partition coefficient (Wildman–Crippen LogP) is 2.72. The van der Waals surface area contributed by atoms with Gasteiger partial charge in [0.25, 0.3) is 0 Å². The van der Waals surface area contributed by atoms with Crippen LogP contribution in [0.2, 0.25) is 0 Å². The minimum Gasteiger partial charge on any atom is -0.496 e. The Kier molecular flexibility index (Phi) is 8.14. The van der Waals surface area contributed by atoms with Crippen LogP contribution < -0.4 is 10.1 Å². The fourth-order valence-corrected chi connectivity index (χ4v) is 2.75. The molecule has 0 saturated carbocycles. The van der Waals surface area contributed by atoms with Crippen LogP contribution in [0.4, 0.5) is 0 Å². The van der Waals surface area contributed by atoms with Crippen molar-refractivity contribution in [2.45, 2.75) is 31.2 Å². The average molecular weight is 297 g/mol. The van der Waals surface area contributed by atoms with E-state index in [1.165, 1.54) is 0 Å². The maximum absolute atomic E-state index is 11.9. The number of benzene rings is 1. The Morgan fingerprint density at radius 2 is 2.10 bits per heavy atom. The monoisotopic (exact) mass is 297 g/mol. The van der Waals surface area contributed by atoms with Gasteiger partial charge in [0.2, 0.25) is 0 Å². The highest BCUT2D eigenvalue weighted by atomic mass is 32.2. The van der Waals surface area contributed by atoms with Gasteiger partial charge in [-0.05, 0) is 32.0 Å². The molecule has 0 radical (unpaired) electrons. The molecule has 112 valence electrons. The highest BCUT2D eigenvalue weighted by molar-refractivity contribution is 7.99. The van der Waals surface area contributed by atoms with Gasteiger partial charge in [0.1, 0.15) is 11.8 Å². The van der Waals surface area contributed by atoms with Crippen molar-refractivity contribution in [1.82, 2.24) is 5.32 Å². The lowest BCUT2D eigenvalue weighted by molar-refractivity contribution is -0.144. The van der Waals surface area contributed by atoms with Crippen molar-refractivity contribution < 1.29 is 14.3 Å². The second-order valence-electron chi connectivity index (χ2n) is 4.22. The van der Waals surface area contributed by atoms with E-state index in [2.05, 4.69) is 12.2 Å². The van der Waals surface area contributed by atoms with Crippen LogP contribution >= 0.6 is 11.8 Å². The lowest BCUT2D eigenvalue weighted by atomic mass is 10.3. The van der Waals surface area contributed by atoms with Gasteiger partial charge in [-0.15, -0.1) is 11.8 Å². The van der Waals surface area contributed by atoms with Crippen LogP contribution in [0.25, 0.3) is 0 Å². The van der Waals surface area contributed by atoms with Crippen molar-refractivity contribution in [3.63, 3.8) is 0 Å². The van der Waals surface area contributed by atoms with E-state index in [1.54, 1.807) is 18.9 Å². The number of hydrogen-bond acceptors (Lipinski definition) is 5. The zero-order chi connectivity index (χ0) is 14.8. The van der Waals surface area contributed by atoms with E-state index in [0.29, 0.717) is 12.4 Å². The van der Waals surface area contributed by atoms with Gasteiger partial charge >= 0.3 is 5.97 Å². The van der Waals surface area contributed by atoms with Gasteiger partial charge in [-0.2, -0.15) is 0 Å². The maximum atomic E-state index is 11.9. The van der Waals surface area contributed by atoms with E-state index >= 15 is 0 Å². The predicted molar refractivity (Wildman–Crippen MR) is 82.4 cm³/mol. The Balaban J connectivity index is 2.62. The first-order valence-electron chi connectivity index (χ1n) is 6.88. The van der Waals surface area contributed by atoms with Crippen molar-refractivity contribution >= 4 is 17.7 Å². The summed E-state index contributed by atoms with van der Waals surface area (Å²) in [5, 5.41) is 3.23. The first-order chi connectivity index (χ1) is 9.72. The number of rotatable bonds is 9. The molecule has 1 unspecified atom stereocenters. The SMILES string of the molecule is CCCNC(CSc1ccccc1OC)C(=O)OCC. The van der Waals surface area contributed by atoms with E-state index in [4.69, 9.17) is 9.47 Å². The maximum Gasteiger partial charge on any atom is 0.323 e. The molecular formula is C15H23NO3S. The van der Waals surface area contributed by atoms with Gasteiger partial charge in [-0.1, -0.05) is 19.1 Å². The van der Waals surface area contributed by atoms with E-state index < -0.39 is 0 Å². The first kappa shape index (κ1) is 16.9. The molecule has 5 heteroatoms. The zero-order valence-electron chi connectivity index (χ0n) is 12.3. The summed E-state index contributed by atoms with van der Waals surface area (Å²) in [6.45, 7) is 5.10. The highest BCUT2D eigenvalue weighted by Gasteiger charge is 2.19. The molecule has 1 N–H and O–H groups in total. The number of thioether (sulfide) groups is 1. The van der Waals surface area contributed by atoms with Crippen molar-refractivity contribution in [2.75, 3.05) is 26.0 Å². The molecule has 1 aromatic carbocycles. The molecule has 0 fully saturated rings. The fraction of sp³-hybridized carbons (Fsp3) is 0.533. The van der Waals surface area contributed by atoms with Crippen molar-refractivity contribution in [3.8, 4) is 5.75 Å². The van der Waals surface area contributed by atoms with Crippen LogP contribution in [0.3, 0.4) is 0 Å². The van der Waals surface area contributed by atoms with E-state index in [0.717, 1.165) is 23.6 Å². The third kappa shape index (κ3) is 5.43. The van der Waals surface area contributed by atoms with Crippen LogP contribution in [-0.2, 0) is 9.53 Å². The van der Waals surface area contributed by atoms with Crippen LogP contribution in [0.15, 0.2) is 29.2 Å². The minimum atomic E-state index is -0.287. The fourth-order valence-electron chi connectivity index (χ4n) is 1.68. The Labute approximate surface area is 125 Å². The number of carbonyl (C=O) groups is 1. The van der Waals surface area contributed by atoms with Gasteiger partial charge in [-0.25, -0.2) is 0 Å². The summed E-state index contributed by atoms with van der Waals surface area (Å²) in [5.74, 6) is 1.26. The number of nitrogens with one attached hydrogen (secondary N) is 1. The topological polar surface area (TPSA) is 47.6 Å². The second kappa shape index (κ2) is 9.66. The molecule has 0 spiro atoms. The second-order valence-corrected chi connectivity index (χ2v) is 5.28. The highest BCUT2D eigenvalue weighted by Crippen LogP contribution is 2.29. The molecule has 1 aromatic rings. The van der Waals surface area contributed by atoms with Gasteiger partial charge in [0, 0.05) is 10.6 Å². The number of carbonyl (C=O) groups excluding carboxylic acids is 1. The zero-order valence-corrected chi connectivity index (χ0v) is 13.2. The lowest BCUT2D eigenvalue weighted by Crippen LogP contribution is -2.40.